The zero-order valence-corrected chi connectivity index (χ0v) is 11.1. The van der Waals surface area contributed by atoms with Crippen molar-refractivity contribution in [2.24, 2.45) is 0 Å². The number of carbonyl (C=O) groups is 1. The molecule has 104 valence electrons. The molecule has 6 nitrogen and oxygen atoms in total. The summed E-state index contributed by atoms with van der Waals surface area (Å²) in [6, 6.07) is 8.15. The molecule has 1 aromatic carbocycles. The molecule has 0 unspecified atom stereocenters. The molecule has 2 aromatic rings. The monoisotopic (exact) mass is 274 g/mol. The van der Waals surface area contributed by atoms with E-state index in [1.165, 1.54) is 18.3 Å². The number of nitrogens with zero attached hydrogens (tertiary/aromatic N) is 1. The number of carboxylic acids is 1. The van der Waals surface area contributed by atoms with Gasteiger partial charge in [0.2, 0.25) is 0 Å². The second kappa shape index (κ2) is 5.92. The third kappa shape index (κ3) is 2.97. The fourth-order valence-electron chi connectivity index (χ4n) is 1.67. The van der Waals surface area contributed by atoms with Gasteiger partial charge >= 0.3 is 5.97 Å². The molecule has 6 heteroatoms. The van der Waals surface area contributed by atoms with Gasteiger partial charge in [0.15, 0.2) is 0 Å². The van der Waals surface area contributed by atoms with Crippen LogP contribution in [-0.2, 0) is 0 Å². The molecule has 0 aliphatic rings. The molecular weight excluding hydrogens is 260 g/mol. The van der Waals surface area contributed by atoms with Crippen LogP contribution in [0.2, 0.25) is 0 Å². The number of ether oxygens (including phenoxy) is 2. The first-order valence-electron chi connectivity index (χ1n) is 5.82. The van der Waals surface area contributed by atoms with Gasteiger partial charge in [0.25, 0.3) is 0 Å². The Kier molecular flexibility index (Phi) is 4.05. The van der Waals surface area contributed by atoms with Gasteiger partial charge in [-0.2, -0.15) is 0 Å². The Labute approximate surface area is 116 Å². The van der Waals surface area contributed by atoms with Crippen LogP contribution in [0.3, 0.4) is 0 Å². The van der Waals surface area contributed by atoms with Crippen LogP contribution in [0.25, 0.3) is 0 Å². The summed E-state index contributed by atoms with van der Waals surface area (Å²) in [4.78, 5) is 15.0. The smallest absolute Gasteiger partial charge is 0.335 e. The van der Waals surface area contributed by atoms with E-state index >= 15 is 0 Å². The summed E-state index contributed by atoms with van der Waals surface area (Å²) in [6.45, 7) is 0. The van der Waals surface area contributed by atoms with Gasteiger partial charge in [-0.05, 0) is 24.3 Å². The first kappa shape index (κ1) is 13.7. The van der Waals surface area contributed by atoms with E-state index < -0.39 is 5.97 Å². The number of pyridine rings is 1. The zero-order chi connectivity index (χ0) is 14.5. The Balaban J connectivity index is 2.29. The molecule has 2 N–H and O–H groups in total. The van der Waals surface area contributed by atoms with Gasteiger partial charge in [0.05, 0.1) is 25.5 Å². The average Bonchev–Trinajstić information content (AvgIpc) is 2.48. The number of aromatic nitrogens is 1. The van der Waals surface area contributed by atoms with E-state index in [2.05, 4.69) is 10.3 Å². The van der Waals surface area contributed by atoms with Gasteiger partial charge in [-0.25, -0.2) is 9.78 Å². The fraction of sp³-hybridized carbons (Fsp3) is 0.143. The third-order valence-corrected chi connectivity index (χ3v) is 2.68. The standard InChI is InChI=1S/C14H14N2O4/c1-19-10-3-4-11(12(8-10)20-2)16-13-7-9(14(17)18)5-6-15-13/h3-8H,1-2H3,(H,15,16)(H,17,18). The van der Waals surface area contributed by atoms with Crippen molar-refractivity contribution >= 4 is 17.5 Å². The normalized spacial score (nSPS) is 9.90. The van der Waals surface area contributed by atoms with Gasteiger partial charge in [0, 0.05) is 12.3 Å². The Morgan fingerprint density at radius 2 is 2.00 bits per heavy atom. The topological polar surface area (TPSA) is 80.7 Å². The predicted molar refractivity (Wildman–Crippen MR) is 74.0 cm³/mol. The van der Waals surface area contributed by atoms with Gasteiger partial charge < -0.3 is 19.9 Å². The van der Waals surface area contributed by atoms with Gasteiger partial charge in [-0.3, -0.25) is 0 Å². The molecule has 0 radical (unpaired) electrons. The van der Waals surface area contributed by atoms with Crippen molar-refractivity contribution in [1.82, 2.24) is 4.98 Å². The predicted octanol–water partition coefficient (Wildman–Crippen LogP) is 2.54. The molecule has 0 amide bonds. The summed E-state index contributed by atoms with van der Waals surface area (Å²) < 4.78 is 10.4. The minimum absolute atomic E-state index is 0.162. The largest absolute Gasteiger partial charge is 0.497 e. The lowest BCUT2D eigenvalue weighted by molar-refractivity contribution is 0.0697. The molecule has 0 bridgehead atoms. The molecular formula is C14H14N2O4. The number of hydrogen-bond acceptors (Lipinski definition) is 5. The molecule has 1 aromatic heterocycles. The van der Waals surface area contributed by atoms with E-state index in [0.29, 0.717) is 23.0 Å². The van der Waals surface area contributed by atoms with Crippen molar-refractivity contribution in [2.45, 2.75) is 0 Å². The fourth-order valence-corrected chi connectivity index (χ4v) is 1.67. The lowest BCUT2D eigenvalue weighted by Crippen LogP contribution is -2.01. The Hall–Kier alpha value is -2.76. The van der Waals surface area contributed by atoms with Crippen LogP contribution >= 0.6 is 0 Å². The van der Waals surface area contributed by atoms with Crippen molar-refractivity contribution in [3.05, 3.63) is 42.1 Å². The second-order valence-electron chi connectivity index (χ2n) is 3.93. The van der Waals surface area contributed by atoms with E-state index in [0.717, 1.165) is 0 Å². The number of carboxylic acid groups (broad SMARTS) is 1. The van der Waals surface area contributed by atoms with Crippen LogP contribution < -0.4 is 14.8 Å². The first-order chi connectivity index (χ1) is 9.63. The summed E-state index contributed by atoms with van der Waals surface area (Å²) in [5, 5.41) is 12.0. The third-order valence-electron chi connectivity index (χ3n) is 2.68. The molecule has 0 fully saturated rings. The second-order valence-corrected chi connectivity index (χ2v) is 3.93. The number of rotatable bonds is 5. The number of methoxy groups -OCH3 is 2. The Morgan fingerprint density at radius 3 is 2.65 bits per heavy atom. The minimum atomic E-state index is -1.00. The number of aromatic carboxylic acids is 1. The highest BCUT2D eigenvalue weighted by Gasteiger charge is 2.08. The Morgan fingerprint density at radius 1 is 1.20 bits per heavy atom. The highest BCUT2D eigenvalue weighted by atomic mass is 16.5. The van der Waals surface area contributed by atoms with E-state index in [1.54, 1.807) is 32.4 Å². The summed E-state index contributed by atoms with van der Waals surface area (Å²) in [6.07, 6.45) is 1.43. The van der Waals surface area contributed by atoms with Crippen molar-refractivity contribution in [3.8, 4) is 11.5 Å². The van der Waals surface area contributed by atoms with E-state index in [4.69, 9.17) is 14.6 Å². The van der Waals surface area contributed by atoms with Gasteiger partial charge in [0.1, 0.15) is 17.3 Å². The first-order valence-corrected chi connectivity index (χ1v) is 5.82. The maximum Gasteiger partial charge on any atom is 0.335 e. The maximum absolute atomic E-state index is 10.9. The minimum Gasteiger partial charge on any atom is -0.497 e. The molecule has 0 saturated carbocycles. The molecule has 0 saturated heterocycles. The molecule has 1 heterocycles. The van der Waals surface area contributed by atoms with Crippen molar-refractivity contribution in [1.29, 1.82) is 0 Å². The van der Waals surface area contributed by atoms with Crippen molar-refractivity contribution in [2.75, 3.05) is 19.5 Å². The van der Waals surface area contributed by atoms with Crippen LogP contribution in [0.1, 0.15) is 10.4 Å². The van der Waals surface area contributed by atoms with Crippen molar-refractivity contribution < 1.29 is 19.4 Å². The zero-order valence-electron chi connectivity index (χ0n) is 11.1. The summed E-state index contributed by atoms with van der Waals surface area (Å²) in [7, 11) is 3.11. The summed E-state index contributed by atoms with van der Waals surface area (Å²) in [5.74, 6) is 0.664. The van der Waals surface area contributed by atoms with Crippen LogP contribution in [0.5, 0.6) is 11.5 Å². The number of benzene rings is 1. The van der Waals surface area contributed by atoms with Gasteiger partial charge in [-0.15, -0.1) is 0 Å². The van der Waals surface area contributed by atoms with Crippen LogP contribution in [0.4, 0.5) is 11.5 Å². The van der Waals surface area contributed by atoms with E-state index in [9.17, 15) is 4.79 Å². The van der Waals surface area contributed by atoms with Gasteiger partial charge in [-0.1, -0.05) is 0 Å². The quantitative estimate of drug-likeness (QED) is 0.872. The Bertz CT molecular complexity index is 628. The summed E-state index contributed by atoms with van der Waals surface area (Å²) in [5.41, 5.74) is 0.832. The number of hydrogen-bond donors (Lipinski definition) is 2. The van der Waals surface area contributed by atoms with Crippen LogP contribution in [0, 0.1) is 0 Å². The van der Waals surface area contributed by atoms with E-state index in [1.807, 2.05) is 0 Å². The highest BCUT2D eigenvalue weighted by Crippen LogP contribution is 2.31. The summed E-state index contributed by atoms with van der Waals surface area (Å²) >= 11 is 0. The number of nitrogens with one attached hydrogen (secondary N) is 1. The lowest BCUT2D eigenvalue weighted by atomic mass is 10.2. The SMILES string of the molecule is COc1ccc(Nc2cc(C(=O)O)ccn2)c(OC)c1. The molecule has 0 aliphatic heterocycles. The highest BCUT2D eigenvalue weighted by molar-refractivity contribution is 5.88. The molecule has 2 rings (SSSR count). The molecule has 0 spiro atoms. The maximum atomic E-state index is 10.9. The molecule has 0 aliphatic carbocycles. The van der Waals surface area contributed by atoms with Crippen LogP contribution in [-0.4, -0.2) is 30.3 Å². The molecule has 0 atom stereocenters. The average molecular weight is 274 g/mol. The lowest BCUT2D eigenvalue weighted by Gasteiger charge is -2.12. The number of anilines is 2. The van der Waals surface area contributed by atoms with Crippen molar-refractivity contribution in [3.63, 3.8) is 0 Å². The van der Waals surface area contributed by atoms with Crippen LogP contribution in [0.15, 0.2) is 36.5 Å². The van der Waals surface area contributed by atoms with E-state index in [-0.39, 0.29) is 5.56 Å². The molecule has 20 heavy (non-hydrogen) atoms.